The van der Waals surface area contributed by atoms with Crippen LogP contribution in [0.1, 0.15) is 15.9 Å². The molecule has 0 bridgehead atoms. The quantitative estimate of drug-likeness (QED) is 0.666. The van der Waals surface area contributed by atoms with E-state index in [4.69, 9.17) is 9.47 Å². The van der Waals surface area contributed by atoms with Crippen LogP contribution in [0.25, 0.3) is 0 Å². The Kier molecular flexibility index (Phi) is 7.70. The van der Waals surface area contributed by atoms with Gasteiger partial charge in [0.25, 0.3) is 5.91 Å². The Morgan fingerprint density at radius 1 is 1.03 bits per heavy atom. The predicted octanol–water partition coefficient (Wildman–Crippen LogP) is 2.54. The molecule has 0 aliphatic carbocycles. The SMILES string of the molecule is COc1ccc(OC)c(CN2CCN(C(=O)CNC(=O)c3cccc(Br)c3)CC2)c1. The summed E-state index contributed by atoms with van der Waals surface area (Å²) in [5.41, 5.74) is 1.58. The minimum atomic E-state index is -0.256. The highest BCUT2D eigenvalue weighted by Crippen LogP contribution is 2.25. The van der Waals surface area contributed by atoms with Gasteiger partial charge >= 0.3 is 0 Å². The molecular weight excluding hydrogens is 450 g/mol. The molecule has 0 radical (unpaired) electrons. The molecule has 0 saturated carbocycles. The minimum absolute atomic E-state index is 0.00491. The summed E-state index contributed by atoms with van der Waals surface area (Å²) in [4.78, 5) is 28.8. The first kappa shape index (κ1) is 22.1. The molecular formula is C22H26BrN3O4. The van der Waals surface area contributed by atoms with E-state index in [0.717, 1.165) is 41.2 Å². The first-order valence-corrected chi connectivity index (χ1v) is 10.5. The summed E-state index contributed by atoms with van der Waals surface area (Å²) in [5, 5.41) is 2.71. The molecule has 0 atom stereocenters. The molecule has 7 nitrogen and oxygen atoms in total. The highest BCUT2D eigenvalue weighted by Gasteiger charge is 2.22. The van der Waals surface area contributed by atoms with Crippen LogP contribution in [0.2, 0.25) is 0 Å². The Balaban J connectivity index is 1.48. The lowest BCUT2D eigenvalue weighted by Crippen LogP contribution is -2.50. The van der Waals surface area contributed by atoms with E-state index in [0.29, 0.717) is 18.7 Å². The van der Waals surface area contributed by atoms with Crippen LogP contribution in [0.3, 0.4) is 0 Å². The number of rotatable bonds is 7. The predicted molar refractivity (Wildman–Crippen MR) is 118 cm³/mol. The van der Waals surface area contributed by atoms with E-state index in [2.05, 4.69) is 26.1 Å². The first-order valence-electron chi connectivity index (χ1n) is 9.75. The molecule has 0 unspecified atom stereocenters. The summed E-state index contributed by atoms with van der Waals surface area (Å²) in [6.07, 6.45) is 0. The van der Waals surface area contributed by atoms with Gasteiger partial charge in [-0.15, -0.1) is 0 Å². The van der Waals surface area contributed by atoms with Gasteiger partial charge in [0.2, 0.25) is 5.91 Å². The van der Waals surface area contributed by atoms with E-state index < -0.39 is 0 Å². The number of piperazine rings is 1. The normalized spacial score (nSPS) is 14.3. The number of hydrogen-bond donors (Lipinski definition) is 1. The average Bonchev–Trinajstić information content (AvgIpc) is 2.77. The Bertz CT molecular complexity index is 898. The fourth-order valence-corrected chi connectivity index (χ4v) is 3.80. The van der Waals surface area contributed by atoms with Gasteiger partial charge in [0.05, 0.1) is 20.8 Å². The maximum Gasteiger partial charge on any atom is 0.251 e. The molecule has 30 heavy (non-hydrogen) atoms. The van der Waals surface area contributed by atoms with E-state index >= 15 is 0 Å². The maximum atomic E-state index is 12.5. The number of nitrogens with one attached hydrogen (secondary N) is 1. The zero-order valence-corrected chi connectivity index (χ0v) is 18.8. The lowest BCUT2D eigenvalue weighted by Gasteiger charge is -2.35. The average molecular weight is 476 g/mol. The first-order chi connectivity index (χ1) is 14.5. The van der Waals surface area contributed by atoms with Crippen LogP contribution in [0.4, 0.5) is 0 Å². The number of carbonyl (C=O) groups is 2. The monoisotopic (exact) mass is 475 g/mol. The number of nitrogens with zero attached hydrogens (tertiary/aromatic N) is 2. The van der Waals surface area contributed by atoms with Gasteiger partial charge in [0.15, 0.2) is 0 Å². The molecule has 1 saturated heterocycles. The van der Waals surface area contributed by atoms with Gasteiger partial charge in [-0.1, -0.05) is 22.0 Å². The third kappa shape index (κ3) is 5.73. The molecule has 2 aromatic carbocycles. The fraction of sp³-hybridized carbons (Fsp3) is 0.364. The van der Waals surface area contributed by atoms with E-state index in [9.17, 15) is 9.59 Å². The van der Waals surface area contributed by atoms with Crippen LogP contribution in [0.5, 0.6) is 11.5 Å². The third-order valence-corrected chi connectivity index (χ3v) is 5.59. The largest absolute Gasteiger partial charge is 0.497 e. The van der Waals surface area contributed by atoms with E-state index in [1.54, 1.807) is 37.3 Å². The van der Waals surface area contributed by atoms with Crippen molar-refractivity contribution in [2.24, 2.45) is 0 Å². The van der Waals surface area contributed by atoms with Gasteiger partial charge in [-0.3, -0.25) is 14.5 Å². The van der Waals surface area contributed by atoms with E-state index in [-0.39, 0.29) is 18.4 Å². The van der Waals surface area contributed by atoms with Crippen molar-refractivity contribution in [3.63, 3.8) is 0 Å². The summed E-state index contributed by atoms with van der Waals surface area (Å²) in [6.45, 7) is 3.48. The number of methoxy groups -OCH3 is 2. The van der Waals surface area contributed by atoms with E-state index in [1.165, 1.54) is 0 Å². The van der Waals surface area contributed by atoms with Crippen LogP contribution in [0, 0.1) is 0 Å². The molecule has 3 rings (SSSR count). The van der Waals surface area contributed by atoms with Crippen molar-refractivity contribution in [1.29, 1.82) is 0 Å². The molecule has 8 heteroatoms. The van der Waals surface area contributed by atoms with Crippen molar-refractivity contribution in [2.45, 2.75) is 6.54 Å². The van der Waals surface area contributed by atoms with Gasteiger partial charge in [-0.25, -0.2) is 0 Å². The minimum Gasteiger partial charge on any atom is -0.497 e. The summed E-state index contributed by atoms with van der Waals surface area (Å²) < 4.78 is 11.6. The Labute approximate surface area is 185 Å². The van der Waals surface area contributed by atoms with Crippen molar-refractivity contribution in [2.75, 3.05) is 46.9 Å². The molecule has 1 N–H and O–H groups in total. The Hall–Kier alpha value is -2.58. The second kappa shape index (κ2) is 10.4. The van der Waals surface area contributed by atoms with Gasteiger partial charge in [0, 0.05) is 48.3 Å². The second-order valence-corrected chi connectivity index (χ2v) is 7.94. The smallest absolute Gasteiger partial charge is 0.251 e. The van der Waals surface area contributed by atoms with Crippen molar-refractivity contribution < 1.29 is 19.1 Å². The number of carbonyl (C=O) groups excluding carboxylic acids is 2. The highest BCUT2D eigenvalue weighted by atomic mass is 79.9. The summed E-state index contributed by atoms with van der Waals surface area (Å²) in [6, 6.07) is 12.8. The van der Waals surface area contributed by atoms with Crippen LogP contribution in [-0.2, 0) is 11.3 Å². The van der Waals surface area contributed by atoms with Crippen molar-refractivity contribution >= 4 is 27.7 Å². The molecule has 1 aliphatic heterocycles. The topological polar surface area (TPSA) is 71.1 Å². The number of amides is 2. The Morgan fingerprint density at radius 3 is 2.47 bits per heavy atom. The molecule has 1 aliphatic rings. The van der Waals surface area contributed by atoms with E-state index in [1.807, 2.05) is 24.3 Å². The van der Waals surface area contributed by atoms with Crippen molar-refractivity contribution in [3.05, 3.63) is 58.1 Å². The lowest BCUT2D eigenvalue weighted by atomic mass is 10.1. The van der Waals surface area contributed by atoms with Crippen molar-refractivity contribution in [1.82, 2.24) is 15.1 Å². The molecule has 2 aromatic rings. The highest BCUT2D eigenvalue weighted by molar-refractivity contribution is 9.10. The summed E-state index contributed by atoms with van der Waals surface area (Å²) in [5.74, 6) is 1.29. The molecule has 2 amide bonds. The Morgan fingerprint density at radius 2 is 1.80 bits per heavy atom. The fourth-order valence-electron chi connectivity index (χ4n) is 3.40. The zero-order chi connectivity index (χ0) is 21.5. The molecule has 0 spiro atoms. The molecule has 160 valence electrons. The number of benzene rings is 2. The molecule has 0 aromatic heterocycles. The molecule has 1 heterocycles. The van der Waals surface area contributed by atoms with Crippen molar-refractivity contribution in [3.8, 4) is 11.5 Å². The number of hydrogen-bond acceptors (Lipinski definition) is 5. The van der Waals surface area contributed by atoms with Crippen LogP contribution < -0.4 is 14.8 Å². The lowest BCUT2D eigenvalue weighted by molar-refractivity contribution is -0.131. The third-order valence-electron chi connectivity index (χ3n) is 5.09. The van der Waals surface area contributed by atoms with Gasteiger partial charge in [-0.05, 0) is 36.4 Å². The zero-order valence-electron chi connectivity index (χ0n) is 17.2. The van der Waals surface area contributed by atoms with Gasteiger partial charge < -0.3 is 19.7 Å². The summed E-state index contributed by atoms with van der Waals surface area (Å²) >= 11 is 3.34. The maximum absolute atomic E-state index is 12.5. The molecule has 1 fully saturated rings. The standard InChI is InChI=1S/C22H26BrN3O4/c1-29-19-6-7-20(30-2)17(13-19)15-25-8-10-26(11-9-25)21(27)14-24-22(28)16-4-3-5-18(23)12-16/h3-7,12-13H,8-11,14-15H2,1-2H3,(H,24,28). The van der Waals surface area contributed by atoms with Gasteiger partial charge in [-0.2, -0.15) is 0 Å². The van der Waals surface area contributed by atoms with Gasteiger partial charge in [0.1, 0.15) is 11.5 Å². The van der Waals surface area contributed by atoms with Crippen LogP contribution in [-0.4, -0.2) is 68.6 Å². The number of ether oxygens (including phenoxy) is 2. The van der Waals surface area contributed by atoms with Crippen LogP contribution >= 0.6 is 15.9 Å². The number of halogens is 1. The second-order valence-electron chi connectivity index (χ2n) is 7.03. The van der Waals surface area contributed by atoms with Crippen LogP contribution in [0.15, 0.2) is 46.9 Å². The summed E-state index contributed by atoms with van der Waals surface area (Å²) in [7, 11) is 3.30.